The molecule has 0 spiro atoms. The smallest absolute Gasteiger partial charge is 0.250 e. The molecule has 0 fully saturated rings. The van der Waals surface area contributed by atoms with Gasteiger partial charge in [0.25, 0.3) is 5.91 Å². The summed E-state index contributed by atoms with van der Waals surface area (Å²) < 4.78 is 1.84. The first-order valence-corrected chi connectivity index (χ1v) is 9.57. The van der Waals surface area contributed by atoms with Gasteiger partial charge in [0, 0.05) is 17.6 Å². The number of benzene rings is 2. The van der Waals surface area contributed by atoms with Gasteiger partial charge in [0.05, 0.1) is 11.5 Å². The van der Waals surface area contributed by atoms with Crippen molar-refractivity contribution in [1.29, 1.82) is 0 Å². The molecule has 0 bridgehead atoms. The average molecular weight is 400 g/mol. The summed E-state index contributed by atoms with van der Waals surface area (Å²) in [5.41, 5.74) is 5.15. The number of hydrogen-bond acceptors (Lipinski definition) is 5. The maximum absolute atomic E-state index is 12.1. The van der Waals surface area contributed by atoms with Gasteiger partial charge in [-0.3, -0.25) is 4.79 Å². The summed E-state index contributed by atoms with van der Waals surface area (Å²) >= 11 is 7.33. The van der Waals surface area contributed by atoms with Gasteiger partial charge < -0.3 is 4.57 Å². The lowest BCUT2D eigenvalue weighted by atomic mass is 10.1. The fraction of sp³-hybridized carbons (Fsp3) is 0.158. The number of thioether (sulfide) groups is 1. The molecule has 0 unspecified atom stereocenters. The van der Waals surface area contributed by atoms with Crippen molar-refractivity contribution in [2.24, 2.45) is 12.1 Å². The SMILES string of the molecule is C/C(=N\NC(=O)CSc1nnc(-c2cccc(Cl)c2)n1C)c1ccccc1. The van der Waals surface area contributed by atoms with Crippen LogP contribution in [0.3, 0.4) is 0 Å². The predicted molar refractivity (Wildman–Crippen MR) is 109 cm³/mol. The number of nitrogens with one attached hydrogen (secondary N) is 1. The Morgan fingerprint density at radius 1 is 1.19 bits per heavy atom. The molecule has 0 aliphatic heterocycles. The standard InChI is InChI=1S/C19H18ClN5OS/c1-13(14-7-4-3-5-8-14)21-22-17(26)12-27-19-24-23-18(25(19)2)15-9-6-10-16(20)11-15/h3-11H,12H2,1-2H3,(H,22,26)/b21-13+. The highest BCUT2D eigenvalue weighted by atomic mass is 35.5. The number of hydrazone groups is 1. The molecule has 138 valence electrons. The first-order valence-electron chi connectivity index (χ1n) is 8.21. The number of amides is 1. The molecule has 6 nitrogen and oxygen atoms in total. The summed E-state index contributed by atoms with van der Waals surface area (Å²) in [4.78, 5) is 12.1. The summed E-state index contributed by atoms with van der Waals surface area (Å²) in [5.74, 6) is 0.675. The van der Waals surface area contributed by atoms with E-state index in [0.717, 1.165) is 16.8 Å². The Morgan fingerprint density at radius 3 is 2.70 bits per heavy atom. The van der Waals surface area contributed by atoms with Crippen LogP contribution in [0.2, 0.25) is 5.02 Å². The molecule has 1 amide bonds. The number of hydrogen-bond donors (Lipinski definition) is 1. The summed E-state index contributed by atoms with van der Waals surface area (Å²) in [6.45, 7) is 1.85. The Morgan fingerprint density at radius 2 is 1.96 bits per heavy atom. The van der Waals surface area contributed by atoms with Crippen molar-refractivity contribution in [2.45, 2.75) is 12.1 Å². The van der Waals surface area contributed by atoms with Crippen LogP contribution in [0.4, 0.5) is 0 Å². The van der Waals surface area contributed by atoms with Crippen molar-refractivity contribution in [3.63, 3.8) is 0 Å². The van der Waals surface area contributed by atoms with Crippen LogP contribution in [-0.2, 0) is 11.8 Å². The van der Waals surface area contributed by atoms with Crippen molar-refractivity contribution in [2.75, 3.05) is 5.75 Å². The minimum atomic E-state index is -0.206. The second-order valence-corrected chi connectivity index (χ2v) is 7.14. The van der Waals surface area contributed by atoms with E-state index in [2.05, 4.69) is 20.7 Å². The monoisotopic (exact) mass is 399 g/mol. The molecule has 8 heteroatoms. The fourth-order valence-corrected chi connectivity index (χ4v) is 3.27. The third-order valence-electron chi connectivity index (χ3n) is 3.79. The van der Waals surface area contributed by atoms with Gasteiger partial charge in [0.15, 0.2) is 11.0 Å². The Kier molecular flexibility index (Phi) is 6.26. The molecule has 3 aromatic rings. The maximum atomic E-state index is 12.1. The molecule has 1 aromatic heterocycles. The molecular weight excluding hydrogens is 382 g/mol. The molecule has 0 saturated heterocycles. The normalized spacial score (nSPS) is 11.4. The van der Waals surface area contributed by atoms with Gasteiger partial charge in [0.2, 0.25) is 0 Å². The van der Waals surface area contributed by atoms with Crippen LogP contribution in [0.5, 0.6) is 0 Å². The van der Waals surface area contributed by atoms with Crippen LogP contribution in [-0.4, -0.2) is 32.1 Å². The Labute approximate surface area is 166 Å². The minimum absolute atomic E-state index is 0.188. The Hall–Kier alpha value is -2.64. The summed E-state index contributed by atoms with van der Waals surface area (Å²) in [5, 5.41) is 13.8. The molecule has 3 rings (SSSR count). The molecular formula is C19H18ClN5OS. The molecule has 27 heavy (non-hydrogen) atoms. The summed E-state index contributed by atoms with van der Waals surface area (Å²) in [7, 11) is 1.86. The van der Waals surface area contributed by atoms with Crippen molar-refractivity contribution in [3.05, 3.63) is 65.2 Å². The zero-order chi connectivity index (χ0) is 19.2. The number of carbonyl (C=O) groups excluding carboxylic acids is 1. The average Bonchev–Trinajstić information content (AvgIpc) is 3.05. The third kappa shape index (κ3) is 4.96. The molecule has 2 aromatic carbocycles. The zero-order valence-corrected chi connectivity index (χ0v) is 16.5. The minimum Gasteiger partial charge on any atom is -0.305 e. The number of aromatic nitrogens is 3. The molecule has 0 atom stereocenters. The quantitative estimate of drug-likeness (QED) is 0.389. The molecule has 0 saturated carbocycles. The fourth-order valence-electron chi connectivity index (χ4n) is 2.37. The maximum Gasteiger partial charge on any atom is 0.250 e. The lowest BCUT2D eigenvalue weighted by Crippen LogP contribution is -2.21. The molecule has 1 N–H and O–H groups in total. The van der Waals surface area contributed by atoms with E-state index in [4.69, 9.17) is 11.6 Å². The van der Waals surface area contributed by atoms with E-state index >= 15 is 0 Å². The van der Waals surface area contributed by atoms with Gasteiger partial charge in [0.1, 0.15) is 0 Å². The van der Waals surface area contributed by atoms with Crippen molar-refractivity contribution in [3.8, 4) is 11.4 Å². The third-order valence-corrected chi connectivity index (χ3v) is 5.05. The van der Waals surface area contributed by atoms with E-state index in [9.17, 15) is 4.79 Å². The first kappa shape index (κ1) is 19.1. The lowest BCUT2D eigenvalue weighted by Gasteiger charge is -2.05. The van der Waals surface area contributed by atoms with Gasteiger partial charge in [-0.25, -0.2) is 5.43 Å². The van der Waals surface area contributed by atoms with Crippen molar-refractivity contribution < 1.29 is 4.79 Å². The molecule has 1 heterocycles. The number of nitrogens with zero attached hydrogens (tertiary/aromatic N) is 4. The van der Waals surface area contributed by atoms with Crippen molar-refractivity contribution >= 4 is 35.0 Å². The van der Waals surface area contributed by atoms with E-state index in [1.807, 2.05) is 67.1 Å². The van der Waals surface area contributed by atoms with Gasteiger partial charge in [-0.15, -0.1) is 10.2 Å². The lowest BCUT2D eigenvalue weighted by molar-refractivity contribution is -0.118. The Bertz CT molecular complexity index is 971. The zero-order valence-electron chi connectivity index (χ0n) is 14.9. The van der Waals surface area contributed by atoms with Crippen molar-refractivity contribution in [1.82, 2.24) is 20.2 Å². The highest BCUT2D eigenvalue weighted by Gasteiger charge is 2.13. The van der Waals surface area contributed by atoms with Gasteiger partial charge in [-0.1, -0.05) is 65.8 Å². The van der Waals surface area contributed by atoms with E-state index in [0.29, 0.717) is 16.0 Å². The van der Waals surface area contributed by atoms with Crippen LogP contribution >= 0.6 is 23.4 Å². The van der Waals surface area contributed by atoms with Crippen LogP contribution in [0.1, 0.15) is 12.5 Å². The highest BCUT2D eigenvalue weighted by molar-refractivity contribution is 7.99. The van der Waals surface area contributed by atoms with Crippen LogP contribution in [0, 0.1) is 0 Å². The second-order valence-electron chi connectivity index (χ2n) is 5.76. The molecule has 0 aliphatic rings. The summed E-state index contributed by atoms with van der Waals surface area (Å²) in [6, 6.07) is 17.1. The predicted octanol–water partition coefficient (Wildman–Crippen LogP) is 3.77. The molecule has 0 aliphatic carbocycles. The van der Waals surface area contributed by atoms with Crippen LogP contribution < -0.4 is 5.43 Å². The highest BCUT2D eigenvalue weighted by Crippen LogP contribution is 2.24. The topological polar surface area (TPSA) is 72.2 Å². The molecule has 0 radical (unpaired) electrons. The van der Waals surface area contributed by atoms with E-state index in [-0.39, 0.29) is 11.7 Å². The van der Waals surface area contributed by atoms with Gasteiger partial charge in [-0.05, 0) is 24.6 Å². The second kappa shape index (κ2) is 8.83. The van der Waals surface area contributed by atoms with E-state index < -0.39 is 0 Å². The number of carbonyl (C=O) groups is 1. The van der Waals surface area contributed by atoms with E-state index in [1.54, 1.807) is 6.07 Å². The number of halogens is 1. The van der Waals surface area contributed by atoms with Gasteiger partial charge in [-0.2, -0.15) is 5.10 Å². The summed E-state index contributed by atoms with van der Waals surface area (Å²) in [6.07, 6.45) is 0. The Balaban J connectivity index is 1.60. The first-order chi connectivity index (χ1) is 13.0. The largest absolute Gasteiger partial charge is 0.305 e. The van der Waals surface area contributed by atoms with E-state index in [1.165, 1.54) is 11.8 Å². The number of rotatable bonds is 6. The van der Waals surface area contributed by atoms with Crippen LogP contribution in [0.25, 0.3) is 11.4 Å². The van der Waals surface area contributed by atoms with Crippen LogP contribution in [0.15, 0.2) is 64.9 Å². The van der Waals surface area contributed by atoms with Gasteiger partial charge >= 0.3 is 0 Å².